The first kappa shape index (κ1) is 10.1. The average Bonchev–Trinajstić information content (AvgIpc) is 2.40. The van der Waals surface area contributed by atoms with Crippen molar-refractivity contribution in [1.82, 2.24) is 0 Å². The molecule has 3 aromatic rings. The Morgan fingerprint density at radius 1 is 0.765 bits per heavy atom. The van der Waals surface area contributed by atoms with E-state index >= 15 is 0 Å². The van der Waals surface area contributed by atoms with E-state index in [1.54, 1.807) is 0 Å². The molecule has 0 spiro atoms. The van der Waals surface area contributed by atoms with Crippen LogP contribution in [-0.4, -0.2) is 0 Å². The van der Waals surface area contributed by atoms with E-state index in [1.165, 1.54) is 32.7 Å². The fourth-order valence-electron chi connectivity index (χ4n) is 2.61. The summed E-state index contributed by atoms with van der Waals surface area (Å²) in [5.41, 5.74) is 2.56. The lowest BCUT2D eigenvalue weighted by Gasteiger charge is -2.11. The van der Waals surface area contributed by atoms with Crippen LogP contribution in [0.3, 0.4) is 0 Å². The fraction of sp³-hybridized carbons (Fsp3) is 0.0588. The number of fused-ring (bicyclic) bond motifs is 3. The van der Waals surface area contributed by atoms with Gasteiger partial charge in [-0.25, -0.2) is 0 Å². The second kappa shape index (κ2) is 3.74. The molecule has 0 saturated carbocycles. The van der Waals surface area contributed by atoms with Gasteiger partial charge in [0.05, 0.1) is 0 Å². The average molecular weight is 218 g/mol. The number of rotatable bonds is 1. The Morgan fingerprint density at radius 3 is 1.82 bits per heavy atom. The van der Waals surface area contributed by atoms with Gasteiger partial charge in [0.25, 0.3) is 0 Å². The molecule has 0 unspecified atom stereocenters. The SMILES string of the molecule is C=Cc1c(C)c2ccccc2c2ccccc12. The summed E-state index contributed by atoms with van der Waals surface area (Å²) in [7, 11) is 0. The molecule has 0 radical (unpaired) electrons. The van der Waals surface area contributed by atoms with Crippen molar-refractivity contribution in [3.8, 4) is 0 Å². The zero-order valence-corrected chi connectivity index (χ0v) is 9.90. The maximum atomic E-state index is 3.95. The third-order valence-corrected chi connectivity index (χ3v) is 3.45. The summed E-state index contributed by atoms with van der Waals surface area (Å²) in [6.07, 6.45) is 1.96. The third-order valence-electron chi connectivity index (χ3n) is 3.45. The van der Waals surface area contributed by atoms with Gasteiger partial charge in [0.1, 0.15) is 0 Å². The maximum absolute atomic E-state index is 3.95. The molecule has 0 bridgehead atoms. The van der Waals surface area contributed by atoms with E-state index in [-0.39, 0.29) is 0 Å². The number of hydrogen-bond acceptors (Lipinski definition) is 0. The molecule has 0 aromatic heterocycles. The molecule has 0 N–H and O–H groups in total. The van der Waals surface area contributed by atoms with Crippen molar-refractivity contribution in [1.29, 1.82) is 0 Å². The predicted molar refractivity (Wildman–Crippen MR) is 76.3 cm³/mol. The van der Waals surface area contributed by atoms with Crippen LogP contribution in [-0.2, 0) is 0 Å². The van der Waals surface area contributed by atoms with Gasteiger partial charge in [-0.05, 0) is 39.6 Å². The highest BCUT2D eigenvalue weighted by molar-refractivity contribution is 6.12. The topological polar surface area (TPSA) is 0 Å². The fourth-order valence-corrected chi connectivity index (χ4v) is 2.61. The van der Waals surface area contributed by atoms with E-state index in [1.807, 2.05) is 6.08 Å². The first-order valence-corrected chi connectivity index (χ1v) is 5.85. The van der Waals surface area contributed by atoms with E-state index in [2.05, 4.69) is 62.0 Å². The highest BCUT2D eigenvalue weighted by atomic mass is 14.1. The van der Waals surface area contributed by atoms with E-state index < -0.39 is 0 Å². The minimum atomic E-state index is 1.25. The van der Waals surface area contributed by atoms with Crippen molar-refractivity contribution in [2.75, 3.05) is 0 Å². The Labute approximate surface area is 101 Å². The zero-order chi connectivity index (χ0) is 11.8. The molecule has 17 heavy (non-hydrogen) atoms. The predicted octanol–water partition coefficient (Wildman–Crippen LogP) is 4.94. The molecular weight excluding hydrogens is 204 g/mol. The van der Waals surface area contributed by atoms with Gasteiger partial charge in [-0.2, -0.15) is 0 Å². The molecule has 0 heterocycles. The zero-order valence-electron chi connectivity index (χ0n) is 9.90. The lowest BCUT2D eigenvalue weighted by atomic mass is 9.92. The molecule has 0 aliphatic carbocycles. The molecule has 82 valence electrons. The lowest BCUT2D eigenvalue weighted by molar-refractivity contribution is 1.53. The molecule has 3 aromatic carbocycles. The molecule has 3 rings (SSSR count). The van der Waals surface area contributed by atoms with Crippen molar-refractivity contribution in [2.24, 2.45) is 0 Å². The summed E-state index contributed by atoms with van der Waals surface area (Å²) in [6, 6.07) is 17.1. The van der Waals surface area contributed by atoms with Crippen molar-refractivity contribution < 1.29 is 0 Å². The summed E-state index contributed by atoms with van der Waals surface area (Å²) < 4.78 is 0. The second-order valence-electron chi connectivity index (χ2n) is 4.33. The molecule has 0 nitrogen and oxygen atoms in total. The maximum Gasteiger partial charge on any atom is -0.00992 e. The molecule has 0 atom stereocenters. The van der Waals surface area contributed by atoms with Gasteiger partial charge in [-0.3, -0.25) is 0 Å². The van der Waals surface area contributed by atoms with Crippen LogP contribution in [0.2, 0.25) is 0 Å². The summed E-state index contributed by atoms with van der Waals surface area (Å²) >= 11 is 0. The number of hydrogen-bond donors (Lipinski definition) is 0. The van der Waals surface area contributed by atoms with Crippen LogP contribution in [0.25, 0.3) is 27.6 Å². The molecular formula is C17H14. The number of benzene rings is 3. The Balaban J connectivity index is 2.68. The second-order valence-corrected chi connectivity index (χ2v) is 4.33. The normalized spacial score (nSPS) is 10.9. The Bertz CT molecular complexity index is 721. The van der Waals surface area contributed by atoms with E-state index in [9.17, 15) is 0 Å². The van der Waals surface area contributed by atoms with Gasteiger partial charge in [-0.1, -0.05) is 61.2 Å². The van der Waals surface area contributed by atoms with E-state index in [4.69, 9.17) is 0 Å². The van der Waals surface area contributed by atoms with E-state index in [0.717, 1.165) is 0 Å². The van der Waals surface area contributed by atoms with Gasteiger partial charge < -0.3 is 0 Å². The standard InChI is InChI=1S/C17H14/c1-3-13-12(2)14-8-4-5-10-16(14)17-11-7-6-9-15(13)17/h3-11H,1H2,2H3. The molecule has 0 amide bonds. The lowest BCUT2D eigenvalue weighted by Crippen LogP contribution is -1.87. The van der Waals surface area contributed by atoms with Crippen LogP contribution in [0.15, 0.2) is 55.1 Å². The molecule has 0 aliphatic rings. The molecule has 0 heteroatoms. The highest BCUT2D eigenvalue weighted by Crippen LogP contribution is 2.32. The summed E-state index contributed by atoms with van der Waals surface area (Å²) in [4.78, 5) is 0. The molecule has 0 aliphatic heterocycles. The Morgan fingerprint density at radius 2 is 1.24 bits per heavy atom. The van der Waals surface area contributed by atoms with Crippen molar-refractivity contribution in [2.45, 2.75) is 6.92 Å². The van der Waals surface area contributed by atoms with Crippen LogP contribution in [0.4, 0.5) is 0 Å². The van der Waals surface area contributed by atoms with Crippen molar-refractivity contribution in [3.63, 3.8) is 0 Å². The minimum Gasteiger partial charge on any atom is -0.0984 e. The monoisotopic (exact) mass is 218 g/mol. The summed E-state index contributed by atoms with van der Waals surface area (Å²) in [6.45, 7) is 6.12. The van der Waals surface area contributed by atoms with Gasteiger partial charge in [0.15, 0.2) is 0 Å². The summed E-state index contributed by atoms with van der Waals surface area (Å²) in [5, 5.41) is 5.25. The first-order valence-electron chi connectivity index (χ1n) is 5.85. The largest absolute Gasteiger partial charge is 0.0984 e. The van der Waals surface area contributed by atoms with Gasteiger partial charge >= 0.3 is 0 Å². The Hall–Kier alpha value is -2.08. The minimum absolute atomic E-state index is 1.25. The summed E-state index contributed by atoms with van der Waals surface area (Å²) in [5.74, 6) is 0. The molecule has 0 saturated heterocycles. The van der Waals surface area contributed by atoms with E-state index in [0.29, 0.717) is 0 Å². The van der Waals surface area contributed by atoms with Crippen LogP contribution in [0.1, 0.15) is 11.1 Å². The van der Waals surface area contributed by atoms with Crippen LogP contribution in [0.5, 0.6) is 0 Å². The molecule has 0 fully saturated rings. The quantitative estimate of drug-likeness (QED) is 0.507. The smallest absolute Gasteiger partial charge is 0.00992 e. The van der Waals surface area contributed by atoms with Gasteiger partial charge in [-0.15, -0.1) is 0 Å². The first-order chi connectivity index (χ1) is 8.33. The Kier molecular flexibility index (Phi) is 2.22. The number of aryl methyl sites for hydroxylation is 1. The van der Waals surface area contributed by atoms with Gasteiger partial charge in [0.2, 0.25) is 0 Å². The van der Waals surface area contributed by atoms with Crippen molar-refractivity contribution >= 4 is 27.6 Å². The third kappa shape index (κ3) is 1.38. The van der Waals surface area contributed by atoms with Crippen molar-refractivity contribution in [3.05, 3.63) is 66.2 Å². The van der Waals surface area contributed by atoms with Crippen LogP contribution >= 0.6 is 0 Å². The van der Waals surface area contributed by atoms with Gasteiger partial charge in [0, 0.05) is 0 Å². The van der Waals surface area contributed by atoms with Crippen LogP contribution < -0.4 is 0 Å². The van der Waals surface area contributed by atoms with Crippen LogP contribution in [0, 0.1) is 6.92 Å². The highest BCUT2D eigenvalue weighted by Gasteiger charge is 2.07.